The second kappa shape index (κ2) is 6.42. The molecule has 0 heterocycles. The molecule has 0 bridgehead atoms. The Labute approximate surface area is 135 Å². The van der Waals surface area contributed by atoms with Crippen LogP contribution in [-0.4, -0.2) is 37.0 Å². The van der Waals surface area contributed by atoms with Crippen LogP contribution in [-0.2, 0) is 0 Å². The highest BCUT2D eigenvalue weighted by molar-refractivity contribution is 6.39. The van der Waals surface area contributed by atoms with Crippen molar-refractivity contribution in [3.63, 3.8) is 0 Å². The molecule has 2 rings (SSSR count). The summed E-state index contributed by atoms with van der Waals surface area (Å²) >= 11 is 11.9. The Kier molecular flexibility index (Phi) is 5.02. The molecular weight excluding hydrogens is 309 g/mol. The van der Waals surface area contributed by atoms with Crippen LogP contribution >= 0.6 is 23.2 Å². The zero-order chi connectivity index (χ0) is 15.6. The molecule has 0 spiro atoms. The largest absolute Gasteiger partial charge is 0.396 e. The van der Waals surface area contributed by atoms with Crippen LogP contribution in [0.1, 0.15) is 36.0 Å². The van der Waals surface area contributed by atoms with Crippen LogP contribution in [0.2, 0.25) is 10.0 Å². The van der Waals surface area contributed by atoms with E-state index in [4.69, 9.17) is 28.9 Å². The van der Waals surface area contributed by atoms with Crippen molar-refractivity contribution in [3.8, 4) is 0 Å². The van der Waals surface area contributed by atoms with E-state index in [0.29, 0.717) is 27.8 Å². The van der Waals surface area contributed by atoms with Gasteiger partial charge in [-0.25, -0.2) is 0 Å². The number of carbonyl (C=O) groups is 1. The summed E-state index contributed by atoms with van der Waals surface area (Å²) < 4.78 is 0. The highest BCUT2D eigenvalue weighted by Gasteiger charge is 2.36. The molecule has 1 amide bonds. The third-order valence-corrected chi connectivity index (χ3v) is 5.03. The van der Waals surface area contributed by atoms with E-state index >= 15 is 0 Å². The molecule has 1 saturated carbocycles. The lowest BCUT2D eigenvalue weighted by Gasteiger charge is -2.36. The highest BCUT2D eigenvalue weighted by atomic mass is 35.5. The van der Waals surface area contributed by atoms with Gasteiger partial charge in [0.1, 0.15) is 0 Å². The zero-order valence-corrected chi connectivity index (χ0v) is 13.9. The Morgan fingerprint density at radius 1 is 1.29 bits per heavy atom. The number of rotatable bonds is 4. The van der Waals surface area contributed by atoms with Gasteiger partial charge in [0.15, 0.2) is 0 Å². The summed E-state index contributed by atoms with van der Waals surface area (Å²) in [5.41, 5.74) is 6.47. The number of hydrogen-bond acceptors (Lipinski definition) is 3. The Hall–Kier alpha value is -0.970. The van der Waals surface area contributed by atoms with Gasteiger partial charge in [-0.05, 0) is 39.1 Å². The highest BCUT2D eigenvalue weighted by Crippen LogP contribution is 2.33. The third kappa shape index (κ3) is 3.44. The molecule has 0 aromatic heterocycles. The van der Waals surface area contributed by atoms with Crippen molar-refractivity contribution in [2.24, 2.45) is 0 Å². The van der Waals surface area contributed by atoms with Crippen molar-refractivity contribution in [2.75, 3.05) is 26.4 Å². The number of benzene rings is 1. The van der Waals surface area contributed by atoms with Gasteiger partial charge in [0.25, 0.3) is 5.91 Å². The summed E-state index contributed by atoms with van der Waals surface area (Å²) in [7, 11) is 4.13. The van der Waals surface area contributed by atoms with Crippen LogP contribution < -0.4 is 11.1 Å². The Balaban J connectivity index is 2.08. The molecular formula is C15H21Cl2N3O. The first-order valence-electron chi connectivity index (χ1n) is 7.06. The molecule has 1 aromatic rings. The maximum absolute atomic E-state index is 12.3. The van der Waals surface area contributed by atoms with Gasteiger partial charge in [-0.2, -0.15) is 0 Å². The third-order valence-electron chi connectivity index (χ3n) is 4.40. The van der Waals surface area contributed by atoms with Gasteiger partial charge >= 0.3 is 0 Å². The molecule has 1 aliphatic rings. The van der Waals surface area contributed by atoms with Crippen molar-refractivity contribution in [1.29, 1.82) is 0 Å². The van der Waals surface area contributed by atoms with E-state index in [1.54, 1.807) is 12.1 Å². The van der Waals surface area contributed by atoms with E-state index < -0.39 is 0 Å². The summed E-state index contributed by atoms with van der Waals surface area (Å²) in [6.45, 7) is 0.623. The number of nitrogen functional groups attached to an aromatic ring is 1. The number of carbonyl (C=O) groups excluding carboxylic acids is 1. The standard InChI is InChI=1S/C15H21Cl2N3O/c1-20(2)15(5-3-4-6-15)9-19-14(21)10-7-11(16)13(18)12(17)8-10/h7-8H,3-6,9,18H2,1-2H3,(H,19,21). The first-order valence-corrected chi connectivity index (χ1v) is 7.81. The molecule has 1 aromatic carbocycles. The molecule has 116 valence electrons. The Bertz CT molecular complexity index is 517. The quantitative estimate of drug-likeness (QED) is 0.834. The van der Waals surface area contributed by atoms with Crippen LogP contribution in [0.3, 0.4) is 0 Å². The molecule has 1 fully saturated rings. The normalized spacial score (nSPS) is 17.2. The number of nitrogens with one attached hydrogen (secondary N) is 1. The van der Waals surface area contributed by atoms with Crippen LogP contribution in [0.25, 0.3) is 0 Å². The molecule has 0 radical (unpaired) electrons. The summed E-state index contributed by atoms with van der Waals surface area (Å²) in [6.07, 6.45) is 4.61. The molecule has 0 unspecified atom stereocenters. The number of halogens is 2. The number of likely N-dealkylation sites (N-methyl/N-ethyl adjacent to an activating group) is 1. The number of nitrogens with zero attached hydrogens (tertiary/aromatic N) is 1. The summed E-state index contributed by atoms with van der Waals surface area (Å²) in [5, 5.41) is 3.60. The smallest absolute Gasteiger partial charge is 0.251 e. The van der Waals surface area contributed by atoms with Gasteiger partial charge in [-0.1, -0.05) is 36.0 Å². The maximum Gasteiger partial charge on any atom is 0.251 e. The van der Waals surface area contributed by atoms with Gasteiger partial charge in [-0.15, -0.1) is 0 Å². The first-order chi connectivity index (χ1) is 9.85. The van der Waals surface area contributed by atoms with Crippen molar-refractivity contribution in [2.45, 2.75) is 31.2 Å². The van der Waals surface area contributed by atoms with Crippen LogP contribution in [0.15, 0.2) is 12.1 Å². The summed E-state index contributed by atoms with van der Waals surface area (Å²) in [6, 6.07) is 3.10. The van der Waals surface area contributed by atoms with Gasteiger partial charge in [0.2, 0.25) is 0 Å². The average molecular weight is 330 g/mol. The minimum atomic E-state index is -0.174. The molecule has 4 nitrogen and oxygen atoms in total. The minimum absolute atomic E-state index is 0.0526. The van der Waals surface area contributed by atoms with E-state index in [1.165, 1.54) is 12.8 Å². The maximum atomic E-state index is 12.3. The zero-order valence-electron chi connectivity index (χ0n) is 12.4. The topological polar surface area (TPSA) is 58.4 Å². The van der Waals surface area contributed by atoms with Gasteiger partial charge in [0.05, 0.1) is 15.7 Å². The fraction of sp³-hybridized carbons (Fsp3) is 0.533. The monoisotopic (exact) mass is 329 g/mol. The fourth-order valence-electron chi connectivity index (χ4n) is 2.88. The first kappa shape index (κ1) is 16.4. The second-order valence-electron chi connectivity index (χ2n) is 5.86. The van der Waals surface area contributed by atoms with E-state index in [0.717, 1.165) is 12.8 Å². The van der Waals surface area contributed by atoms with Gasteiger partial charge < -0.3 is 16.0 Å². The van der Waals surface area contributed by atoms with Gasteiger partial charge in [0, 0.05) is 17.6 Å². The number of hydrogen-bond donors (Lipinski definition) is 2. The van der Waals surface area contributed by atoms with Crippen molar-refractivity contribution in [3.05, 3.63) is 27.7 Å². The van der Waals surface area contributed by atoms with Crippen LogP contribution in [0.5, 0.6) is 0 Å². The predicted octanol–water partition coefficient (Wildman–Crippen LogP) is 3.18. The lowest BCUT2D eigenvalue weighted by atomic mass is 9.96. The number of nitrogens with two attached hydrogens (primary N) is 1. The SMILES string of the molecule is CN(C)C1(CNC(=O)c2cc(Cl)c(N)c(Cl)c2)CCCC1. The van der Waals surface area contributed by atoms with E-state index in [-0.39, 0.29) is 11.4 Å². The minimum Gasteiger partial charge on any atom is -0.396 e. The van der Waals surface area contributed by atoms with Crippen molar-refractivity contribution in [1.82, 2.24) is 10.2 Å². The summed E-state index contributed by atoms with van der Waals surface area (Å²) in [4.78, 5) is 14.5. The van der Waals surface area contributed by atoms with Crippen LogP contribution in [0.4, 0.5) is 5.69 Å². The lowest BCUT2D eigenvalue weighted by Crippen LogP contribution is -2.50. The van der Waals surface area contributed by atoms with Gasteiger partial charge in [-0.3, -0.25) is 4.79 Å². The average Bonchev–Trinajstić information content (AvgIpc) is 2.91. The molecule has 6 heteroatoms. The number of amides is 1. The van der Waals surface area contributed by atoms with Crippen molar-refractivity contribution < 1.29 is 4.79 Å². The molecule has 0 aliphatic heterocycles. The van der Waals surface area contributed by atoms with E-state index in [9.17, 15) is 4.79 Å². The second-order valence-corrected chi connectivity index (χ2v) is 6.68. The summed E-state index contributed by atoms with van der Waals surface area (Å²) in [5.74, 6) is -0.174. The molecule has 21 heavy (non-hydrogen) atoms. The molecule has 1 aliphatic carbocycles. The van der Waals surface area contributed by atoms with E-state index in [2.05, 4.69) is 24.3 Å². The lowest BCUT2D eigenvalue weighted by molar-refractivity contribution is 0.0900. The predicted molar refractivity (Wildman–Crippen MR) is 88.1 cm³/mol. The van der Waals surface area contributed by atoms with Crippen molar-refractivity contribution >= 4 is 34.8 Å². The number of anilines is 1. The Morgan fingerprint density at radius 2 is 1.81 bits per heavy atom. The van der Waals surface area contributed by atoms with E-state index in [1.807, 2.05) is 0 Å². The molecule has 0 saturated heterocycles. The Morgan fingerprint density at radius 3 is 2.29 bits per heavy atom. The molecule has 0 atom stereocenters. The fourth-order valence-corrected chi connectivity index (χ4v) is 3.36. The molecule has 3 N–H and O–H groups in total. The van der Waals surface area contributed by atoms with Crippen LogP contribution in [0, 0.1) is 0 Å².